The first kappa shape index (κ1) is 26.3. The van der Waals surface area contributed by atoms with Gasteiger partial charge in [0, 0.05) is 25.0 Å². The van der Waals surface area contributed by atoms with Gasteiger partial charge >= 0.3 is 12.4 Å². The summed E-state index contributed by atoms with van der Waals surface area (Å²) in [6, 6.07) is 6.68. The molecule has 0 unspecified atom stereocenters. The number of amidine groups is 1. The number of hydrogen-bond donors (Lipinski definition) is 1. The molecule has 2 aromatic carbocycles. The van der Waals surface area contributed by atoms with E-state index in [1.54, 1.807) is 24.3 Å². The Morgan fingerprint density at radius 3 is 2.58 bits per heavy atom. The number of rotatable bonds is 3. The van der Waals surface area contributed by atoms with E-state index in [1.807, 2.05) is 0 Å². The van der Waals surface area contributed by atoms with Crippen molar-refractivity contribution < 1.29 is 31.1 Å². The molecule has 0 atom stereocenters. The minimum atomic E-state index is -4.96. The topological polar surface area (TPSA) is 62.5 Å². The van der Waals surface area contributed by atoms with E-state index in [0.717, 1.165) is 38.7 Å². The Morgan fingerprint density at radius 2 is 1.82 bits per heavy atom. The third-order valence-electron chi connectivity index (χ3n) is 6.25. The maximum Gasteiger partial charge on any atom is 0.416 e. The van der Waals surface area contributed by atoms with Crippen molar-refractivity contribution in [3.05, 3.63) is 69.8 Å². The van der Waals surface area contributed by atoms with Crippen molar-refractivity contribution in [2.75, 3.05) is 26.2 Å². The molecule has 1 saturated heterocycles. The minimum Gasteiger partial charge on any atom is -0.349 e. The highest BCUT2D eigenvalue weighted by Gasteiger charge is 2.38. The first-order chi connectivity index (χ1) is 18.0. The van der Waals surface area contributed by atoms with E-state index in [-0.39, 0.29) is 24.1 Å². The second kappa shape index (κ2) is 10.1. The number of aliphatic imine (C=N–C) groups is 1. The maximum atomic E-state index is 13.6. The highest BCUT2D eigenvalue weighted by atomic mass is 32.2. The van der Waals surface area contributed by atoms with Gasteiger partial charge in [-0.2, -0.15) is 36.4 Å². The molecule has 5 rings (SSSR count). The number of carbonyl (C=O) groups is 1. The molecule has 0 radical (unpaired) electrons. The molecule has 1 N–H and O–H groups in total. The summed E-state index contributed by atoms with van der Waals surface area (Å²) < 4.78 is 80.9. The second-order valence-corrected chi connectivity index (χ2v) is 9.90. The minimum absolute atomic E-state index is 0.125. The average Bonchev–Trinajstić information content (AvgIpc) is 3.28. The Labute approximate surface area is 217 Å². The number of hydrogen-bond acceptors (Lipinski definition) is 5. The van der Waals surface area contributed by atoms with E-state index in [0.29, 0.717) is 32.6 Å². The van der Waals surface area contributed by atoms with Crippen molar-refractivity contribution in [1.82, 2.24) is 20.0 Å². The summed E-state index contributed by atoms with van der Waals surface area (Å²) in [5.74, 6) is -0.333. The van der Waals surface area contributed by atoms with Gasteiger partial charge < -0.3 is 10.2 Å². The van der Waals surface area contributed by atoms with Crippen LogP contribution in [-0.4, -0.2) is 51.9 Å². The van der Waals surface area contributed by atoms with Gasteiger partial charge in [0.15, 0.2) is 5.17 Å². The smallest absolute Gasteiger partial charge is 0.349 e. The predicted octanol–water partition coefficient (Wildman–Crippen LogP) is 5.39. The zero-order valence-electron chi connectivity index (χ0n) is 19.7. The molecule has 3 heterocycles. The summed E-state index contributed by atoms with van der Waals surface area (Å²) in [7, 11) is 0. The standard InChI is InChI=1S/C25H21F6N5OS/c26-24(27,28)18-4-3-16(19(12-18)25(29,30)31)14-36-20-5-2-15(10-17(20)13-33-36)11-21-22(37)34-23(38-21)35-8-1-6-32-7-9-35/h2-5,10-13,32H,1,6-9,14H2. The third-order valence-corrected chi connectivity index (χ3v) is 7.29. The number of thioether (sulfide) groups is 1. The van der Waals surface area contributed by atoms with E-state index < -0.39 is 23.5 Å². The van der Waals surface area contributed by atoms with Crippen molar-refractivity contribution in [2.24, 2.45) is 4.99 Å². The Kier molecular flexibility index (Phi) is 6.99. The quantitative estimate of drug-likeness (QED) is 0.348. The molecular weight excluding hydrogens is 532 g/mol. The first-order valence-electron chi connectivity index (χ1n) is 11.7. The monoisotopic (exact) mass is 553 g/mol. The average molecular weight is 554 g/mol. The molecule has 2 aliphatic rings. The van der Waals surface area contributed by atoms with Crippen molar-refractivity contribution in [3.63, 3.8) is 0 Å². The van der Waals surface area contributed by atoms with Gasteiger partial charge in [-0.1, -0.05) is 12.1 Å². The number of aromatic nitrogens is 2. The number of amides is 1. The fraction of sp³-hybridized carbons (Fsp3) is 0.320. The van der Waals surface area contributed by atoms with Gasteiger partial charge in [-0.15, -0.1) is 0 Å². The van der Waals surface area contributed by atoms with Gasteiger partial charge in [-0.05, 0) is 66.2 Å². The number of nitrogens with zero attached hydrogens (tertiary/aromatic N) is 4. The lowest BCUT2D eigenvalue weighted by molar-refractivity contribution is -0.143. The molecule has 0 spiro atoms. The molecule has 1 aromatic heterocycles. The van der Waals surface area contributed by atoms with Crippen molar-refractivity contribution in [1.29, 1.82) is 0 Å². The molecule has 2 aliphatic heterocycles. The molecule has 1 amide bonds. The van der Waals surface area contributed by atoms with Crippen LogP contribution < -0.4 is 5.32 Å². The number of benzene rings is 2. The lowest BCUT2D eigenvalue weighted by Gasteiger charge is -2.20. The summed E-state index contributed by atoms with van der Waals surface area (Å²) >= 11 is 1.30. The number of fused-ring (bicyclic) bond motifs is 1. The summed E-state index contributed by atoms with van der Waals surface area (Å²) in [5.41, 5.74) is -1.87. The van der Waals surface area contributed by atoms with Crippen LogP contribution in [0.3, 0.4) is 0 Å². The van der Waals surface area contributed by atoms with Gasteiger partial charge in [0.2, 0.25) is 0 Å². The second-order valence-electron chi connectivity index (χ2n) is 8.89. The summed E-state index contributed by atoms with van der Waals surface area (Å²) in [5, 5.41) is 8.72. The van der Waals surface area contributed by atoms with Crippen molar-refractivity contribution in [2.45, 2.75) is 25.3 Å². The number of alkyl halides is 6. The third kappa shape index (κ3) is 5.58. The van der Waals surface area contributed by atoms with Gasteiger partial charge in [0.25, 0.3) is 5.91 Å². The highest BCUT2D eigenvalue weighted by molar-refractivity contribution is 8.18. The van der Waals surface area contributed by atoms with Crippen LogP contribution in [0.25, 0.3) is 17.0 Å². The van der Waals surface area contributed by atoms with Crippen LogP contribution in [0.5, 0.6) is 0 Å². The van der Waals surface area contributed by atoms with Gasteiger partial charge in [0.05, 0.1) is 34.3 Å². The molecule has 13 heteroatoms. The fourth-order valence-electron chi connectivity index (χ4n) is 4.36. The van der Waals surface area contributed by atoms with Crippen molar-refractivity contribution >= 4 is 39.8 Å². The van der Waals surface area contributed by atoms with Crippen LogP contribution in [0.15, 0.2) is 52.5 Å². The van der Waals surface area contributed by atoms with Crippen LogP contribution in [0.2, 0.25) is 0 Å². The van der Waals surface area contributed by atoms with E-state index >= 15 is 0 Å². The van der Waals surface area contributed by atoms with E-state index in [9.17, 15) is 31.1 Å². The Balaban J connectivity index is 1.37. The lowest BCUT2D eigenvalue weighted by atomic mass is 10.0. The maximum absolute atomic E-state index is 13.6. The normalized spacial score (nSPS) is 18.4. The van der Waals surface area contributed by atoms with Crippen LogP contribution >= 0.6 is 11.8 Å². The van der Waals surface area contributed by atoms with Gasteiger partial charge in [0.1, 0.15) is 0 Å². The molecule has 6 nitrogen and oxygen atoms in total. The van der Waals surface area contributed by atoms with Crippen LogP contribution in [0, 0.1) is 0 Å². The number of carbonyl (C=O) groups excluding carboxylic acids is 1. The van der Waals surface area contributed by atoms with Crippen LogP contribution in [0.1, 0.15) is 28.7 Å². The largest absolute Gasteiger partial charge is 0.416 e. The van der Waals surface area contributed by atoms with Gasteiger partial charge in [-0.25, -0.2) is 0 Å². The fourth-order valence-corrected chi connectivity index (χ4v) is 5.32. The van der Waals surface area contributed by atoms with Crippen molar-refractivity contribution in [3.8, 4) is 0 Å². The van der Waals surface area contributed by atoms with E-state index in [1.165, 1.54) is 22.6 Å². The zero-order valence-corrected chi connectivity index (χ0v) is 20.6. The Bertz CT molecular complexity index is 1430. The Hall–Kier alpha value is -3.32. The highest BCUT2D eigenvalue weighted by Crippen LogP contribution is 2.38. The van der Waals surface area contributed by atoms with E-state index in [2.05, 4.69) is 20.3 Å². The van der Waals surface area contributed by atoms with Crippen LogP contribution in [-0.2, 0) is 23.7 Å². The molecule has 38 heavy (non-hydrogen) atoms. The first-order valence-corrected chi connectivity index (χ1v) is 12.5. The number of nitrogens with one attached hydrogen (secondary N) is 1. The Morgan fingerprint density at radius 1 is 1.00 bits per heavy atom. The van der Waals surface area contributed by atoms with Crippen LogP contribution in [0.4, 0.5) is 26.3 Å². The zero-order chi connectivity index (χ0) is 27.1. The van der Waals surface area contributed by atoms with Gasteiger partial charge in [-0.3, -0.25) is 9.48 Å². The summed E-state index contributed by atoms with van der Waals surface area (Å²) in [6.45, 7) is 2.92. The molecule has 200 valence electrons. The lowest BCUT2D eigenvalue weighted by Crippen LogP contribution is -2.31. The molecule has 0 aliphatic carbocycles. The summed E-state index contributed by atoms with van der Waals surface area (Å²) in [4.78, 5) is 19.2. The summed E-state index contributed by atoms with van der Waals surface area (Å²) in [6.07, 6.45) is -5.74. The molecular formula is C25H21F6N5OS. The molecule has 3 aromatic rings. The predicted molar refractivity (Wildman–Crippen MR) is 132 cm³/mol. The molecule has 1 fully saturated rings. The molecule has 0 bridgehead atoms. The molecule has 0 saturated carbocycles. The SMILES string of the molecule is O=C1N=C(N2CCCNCC2)SC1=Cc1ccc2c(cnn2Cc2ccc(C(F)(F)F)cc2C(F)(F)F)c1. The number of halogens is 6. The van der Waals surface area contributed by atoms with E-state index in [4.69, 9.17) is 0 Å².